The van der Waals surface area contributed by atoms with Crippen molar-refractivity contribution in [3.05, 3.63) is 29.6 Å². The predicted octanol–water partition coefficient (Wildman–Crippen LogP) is 1.97. The van der Waals surface area contributed by atoms with E-state index in [1.165, 1.54) is 12.1 Å². The van der Waals surface area contributed by atoms with Gasteiger partial charge in [-0.1, -0.05) is 0 Å². The summed E-state index contributed by atoms with van der Waals surface area (Å²) in [6.07, 6.45) is -0.219. The van der Waals surface area contributed by atoms with Crippen LogP contribution in [0.4, 0.5) is 10.1 Å². The monoisotopic (exact) mass is 197 g/mol. The standard InChI is InChI=1S/C10H12FNO2/c1-6(2)14-10(13)7-3-4-9(12)8(11)5-7/h3-6H,12H2,1-2H3. The summed E-state index contributed by atoms with van der Waals surface area (Å²) in [4.78, 5) is 11.3. The molecular weight excluding hydrogens is 185 g/mol. The maximum atomic E-state index is 12.9. The van der Waals surface area contributed by atoms with E-state index < -0.39 is 11.8 Å². The number of ether oxygens (including phenoxy) is 1. The molecule has 1 aromatic rings. The van der Waals surface area contributed by atoms with Gasteiger partial charge in [0.2, 0.25) is 0 Å². The molecule has 0 saturated carbocycles. The highest BCUT2D eigenvalue weighted by Crippen LogP contribution is 2.13. The normalized spacial score (nSPS) is 10.3. The smallest absolute Gasteiger partial charge is 0.338 e. The molecule has 0 bridgehead atoms. The fourth-order valence-corrected chi connectivity index (χ4v) is 0.936. The number of rotatable bonds is 2. The average Bonchev–Trinajstić information content (AvgIpc) is 2.08. The third-order valence-electron chi connectivity index (χ3n) is 1.58. The lowest BCUT2D eigenvalue weighted by molar-refractivity contribution is 0.0377. The molecule has 0 fully saturated rings. The number of carbonyl (C=O) groups is 1. The van der Waals surface area contributed by atoms with Crippen LogP contribution in [0.3, 0.4) is 0 Å². The average molecular weight is 197 g/mol. The van der Waals surface area contributed by atoms with E-state index in [0.29, 0.717) is 0 Å². The van der Waals surface area contributed by atoms with Gasteiger partial charge in [0.1, 0.15) is 5.82 Å². The number of hydrogen-bond acceptors (Lipinski definition) is 3. The number of nitrogen functional groups attached to an aromatic ring is 1. The van der Waals surface area contributed by atoms with E-state index in [0.717, 1.165) is 6.07 Å². The van der Waals surface area contributed by atoms with E-state index in [4.69, 9.17) is 10.5 Å². The topological polar surface area (TPSA) is 52.3 Å². The lowest BCUT2D eigenvalue weighted by Gasteiger charge is -2.07. The minimum atomic E-state index is -0.608. The first kappa shape index (κ1) is 10.5. The van der Waals surface area contributed by atoms with Gasteiger partial charge in [0.25, 0.3) is 0 Å². The Balaban J connectivity index is 2.86. The van der Waals surface area contributed by atoms with Crippen LogP contribution < -0.4 is 5.73 Å². The Bertz CT molecular complexity index is 350. The van der Waals surface area contributed by atoms with Gasteiger partial charge in [-0.25, -0.2) is 9.18 Å². The number of anilines is 1. The second-order valence-corrected chi connectivity index (χ2v) is 3.19. The molecule has 1 rings (SSSR count). The molecule has 0 radical (unpaired) electrons. The molecule has 0 aromatic heterocycles. The molecule has 3 nitrogen and oxygen atoms in total. The molecule has 0 saturated heterocycles. The van der Waals surface area contributed by atoms with Crippen molar-refractivity contribution in [1.29, 1.82) is 0 Å². The molecule has 0 aliphatic heterocycles. The van der Waals surface area contributed by atoms with Crippen molar-refractivity contribution in [3.8, 4) is 0 Å². The molecular formula is C10H12FNO2. The van der Waals surface area contributed by atoms with Gasteiger partial charge < -0.3 is 10.5 Å². The first-order valence-corrected chi connectivity index (χ1v) is 4.26. The summed E-state index contributed by atoms with van der Waals surface area (Å²) >= 11 is 0. The summed E-state index contributed by atoms with van der Waals surface area (Å²) < 4.78 is 17.8. The van der Waals surface area contributed by atoms with Crippen LogP contribution in [0.1, 0.15) is 24.2 Å². The second kappa shape index (κ2) is 4.09. The molecule has 0 spiro atoms. The zero-order chi connectivity index (χ0) is 10.7. The predicted molar refractivity (Wildman–Crippen MR) is 51.4 cm³/mol. The minimum Gasteiger partial charge on any atom is -0.459 e. The first-order chi connectivity index (χ1) is 6.50. The molecule has 0 heterocycles. The molecule has 76 valence electrons. The van der Waals surface area contributed by atoms with Gasteiger partial charge in [-0.05, 0) is 32.0 Å². The number of halogens is 1. The van der Waals surface area contributed by atoms with E-state index >= 15 is 0 Å². The SMILES string of the molecule is CC(C)OC(=O)c1ccc(N)c(F)c1. The number of hydrogen-bond donors (Lipinski definition) is 1. The number of benzene rings is 1. The van der Waals surface area contributed by atoms with Gasteiger partial charge >= 0.3 is 5.97 Å². The maximum Gasteiger partial charge on any atom is 0.338 e. The van der Waals surface area contributed by atoms with Gasteiger partial charge in [0.15, 0.2) is 0 Å². The third kappa shape index (κ3) is 2.45. The quantitative estimate of drug-likeness (QED) is 0.582. The number of nitrogens with two attached hydrogens (primary N) is 1. The van der Waals surface area contributed by atoms with Gasteiger partial charge in [-0.2, -0.15) is 0 Å². The summed E-state index contributed by atoms with van der Waals surface area (Å²) in [6.45, 7) is 3.46. The fourth-order valence-electron chi connectivity index (χ4n) is 0.936. The highest BCUT2D eigenvalue weighted by Gasteiger charge is 2.10. The highest BCUT2D eigenvalue weighted by atomic mass is 19.1. The van der Waals surface area contributed by atoms with Crippen LogP contribution in [-0.4, -0.2) is 12.1 Å². The fraction of sp³-hybridized carbons (Fsp3) is 0.300. The van der Waals surface area contributed by atoms with Crippen LogP contribution >= 0.6 is 0 Å². The molecule has 0 aliphatic rings. The van der Waals surface area contributed by atoms with Gasteiger partial charge in [-0.3, -0.25) is 0 Å². The summed E-state index contributed by atoms with van der Waals surface area (Å²) in [5.41, 5.74) is 5.45. The highest BCUT2D eigenvalue weighted by molar-refractivity contribution is 5.89. The van der Waals surface area contributed by atoms with Crippen LogP contribution in [-0.2, 0) is 4.74 Å². The molecule has 4 heteroatoms. The Morgan fingerprint density at radius 1 is 1.50 bits per heavy atom. The van der Waals surface area contributed by atoms with E-state index in [1.807, 2.05) is 0 Å². The number of carbonyl (C=O) groups excluding carboxylic acids is 1. The zero-order valence-electron chi connectivity index (χ0n) is 8.08. The molecule has 14 heavy (non-hydrogen) atoms. The molecule has 0 atom stereocenters. The minimum absolute atomic E-state index is 0.0195. The molecule has 0 amide bonds. The van der Waals surface area contributed by atoms with Crippen LogP contribution in [0, 0.1) is 5.82 Å². The van der Waals surface area contributed by atoms with Crippen LogP contribution in [0.15, 0.2) is 18.2 Å². The third-order valence-corrected chi connectivity index (χ3v) is 1.58. The summed E-state index contributed by atoms with van der Waals surface area (Å²) in [5.74, 6) is -1.15. The van der Waals surface area contributed by atoms with Crippen molar-refractivity contribution >= 4 is 11.7 Å². The van der Waals surface area contributed by atoms with E-state index in [1.54, 1.807) is 13.8 Å². The maximum absolute atomic E-state index is 12.9. The van der Waals surface area contributed by atoms with Crippen molar-refractivity contribution in [1.82, 2.24) is 0 Å². The Hall–Kier alpha value is -1.58. The van der Waals surface area contributed by atoms with Crippen LogP contribution in [0.25, 0.3) is 0 Å². The van der Waals surface area contributed by atoms with Crippen LogP contribution in [0.5, 0.6) is 0 Å². The first-order valence-electron chi connectivity index (χ1n) is 4.26. The second-order valence-electron chi connectivity index (χ2n) is 3.19. The molecule has 0 aliphatic carbocycles. The van der Waals surface area contributed by atoms with E-state index in [9.17, 15) is 9.18 Å². The van der Waals surface area contributed by atoms with Crippen molar-refractivity contribution in [2.75, 3.05) is 5.73 Å². The van der Waals surface area contributed by atoms with Gasteiger partial charge in [0, 0.05) is 0 Å². The van der Waals surface area contributed by atoms with Gasteiger partial charge in [0.05, 0.1) is 17.4 Å². The summed E-state index contributed by atoms with van der Waals surface area (Å²) in [7, 11) is 0. The van der Waals surface area contributed by atoms with E-state index in [-0.39, 0.29) is 17.4 Å². The van der Waals surface area contributed by atoms with Crippen molar-refractivity contribution in [2.45, 2.75) is 20.0 Å². The van der Waals surface area contributed by atoms with Crippen molar-refractivity contribution in [3.63, 3.8) is 0 Å². The lowest BCUT2D eigenvalue weighted by Crippen LogP contribution is -2.12. The zero-order valence-corrected chi connectivity index (χ0v) is 8.08. The summed E-state index contributed by atoms with van der Waals surface area (Å²) in [6, 6.07) is 3.84. The van der Waals surface area contributed by atoms with Crippen molar-refractivity contribution < 1.29 is 13.9 Å². The number of esters is 1. The van der Waals surface area contributed by atoms with E-state index in [2.05, 4.69) is 0 Å². The summed E-state index contributed by atoms with van der Waals surface area (Å²) in [5, 5.41) is 0. The van der Waals surface area contributed by atoms with Crippen molar-refractivity contribution in [2.24, 2.45) is 0 Å². The Labute approximate surface area is 81.7 Å². The Kier molecular flexibility index (Phi) is 3.06. The molecule has 2 N–H and O–H groups in total. The Morgan fingerprint density at radius 2 is 2.14 bits per heavy atom. The largest absolute Gasteiger partial charge is 0.459 e. The Morgan fingerprint density at radius 3 is 2.64 bits per heavy atom. The molecule has 1 aromatic carbocycles. The molecule has 0 unspecified atom stereocenters. The van der Waals surface area contributed by atoms with Gasteiger partial charge in [-0.15, -0.1) is 0 Å². The van der Waals surface area contributed by atoms with Crippen LogP contribution in [0.2, 0.25) is 0 Å². The lowest BCUT2D eigenvalue weighted by atomic mass is 10.2.